The van der Waals surface area contributed by atoms with Crippen molar-refractivity contribution in [2.24, 2.45) is 0 Å². The quantitative estimate of drug-likeness (QED) is 0.548. The second kappa shape index (κ2) is 9.12. The molecule has 1 aliphatic rings. The minimum atomic E-state index is -3.73. The van der Waals surface area contributed by atoms with Gasteiger partial charge in [-0.1, -0.05) is 30.3 Å². The predicted octanol–water partition coefficient (Wildman–Crippen LogP) is 4.63. The van der Waals surface area contributed by atoms with Gasteiger partial charge in [0, 0.05) is 25.2 Å². The lowest BCUT2D eigenvalue weighted by Gasteiger charge is -2.30. The monoisotopic (exact) mass is 452 g/mol. The second-order valence-electron chi connectivity index (χ2n) is 7.78. The number of rotatable bonds is 6. The number of benzene rings is 3. The van der Waals surface area contributed by atoms with Crippen molar-refractivity contribution in [2.75, 3.05) is 17.4 Å². The van der Waals surface area contributed by atoms with Crippen LogP contribution >= 0.6 is 0 Å². The van der Waals surface area contributed by atoms with Gasteiger partial charge >= 0.3 is 0 Å². The summed E-state index contributed by atoms with van der Waals surface area (Å²) in [6.07, 6.45) is 1.62. The topological polar surface area (TPSA) is 57.7 Å². The maximum absolute atomic E-state index is 13.5. The number of hydrogen-bond acceptors (Lipinski definition) is 3. The zero-order valence-corrected chi connectivity index (χ0v) is 18.7. The summed E-state index contributed by atoms with van der Waals surface area (Å²) in [4.78, 5) is 14.7. The Kier molecular flexibility index (Phi) is 6.28. The lowest BCUT2D eigenvalue weighted by Crippen LogP contribution is -2.35. The molecule has 0 fully saturated rings. The van der Waals surface area contributed by atoms with E-state index in [2.05, 4.69) is 0 Å². The first-order valence-electron chi connectivity index (χ1n) is 10.6. The van der Waals surface area contributed by atoms with Crippen LogP contribution in [0.5, 0.6) is 0 Å². The zero-order chi connectivity index (χ0) is 22.7. The van der Waals surface area contributed by atoms with Crippen molar-refractivity contribution in [3.63, 3.8) is 0 Å². The molecule has 3 aromatic carbocycles. The van der Waals surface area contributed by atoms with Gasteiger partial charge in [0.15, 0.2) is 0 Å². The first-order valence-corrected chi connectivity index (χ1v) is 12.1. The number of aryl methyl sites for hydroxylation is 1. The Bertz CT molecular complexity index is 1230. The lowest BCUT2D eigenvalue weighted by atomic mass is 10.0. The predicted molar refractivity (Wildman–Crippen MR) is 123 cm³/mol. The van der Waals surface area contributed by atoms with E-state index >= 15 is 0 Å². The number of amides is 1. The molecule has 0 saturated carbocycles. The Morgan fingerprint density at radius 1 is 1.03 bits per heavy atom. The standard InChI is InChI=1S/C25H25FN2O3S/c1-2-27(18-19-7-5-10-22(26)17-19)25(29)21-12-14-23(15-13-21)32(30,31)28-16-6-9-20-8-3-4-11-24(20)28/h3-5,7-8,10-15,17H,2,6,9,16,18H2,1H3. The number of carbonyl (C=O) groups excluding carboxylic acids is 1. The molecule has 0 saturated heterocycles. The maximum atomic E-state index is 13.5. The number of para-hydroxylation sites is 1. The van der Waals surface area contributed by atoms with Crippen LogP contribution < -0.4 is 4.31 Å². The summed E-state index contributed by atoms with van der Waals surface area (Å²) < 4.78 is 41.5. The zero-order valence-electron chi connectivity index (χ0n) is 17.9. The molecule has 0 N–H and O–H groups in total. The lowest BCUT2D eigenvalue weighted by molar-refractivity contribution is 0.0752. The van der Waals surface area contributed by atoms with Gasteiger partial charge in [-0.2, -0.15) is 0 Å². The van der Waals surface area contributed by atoms with E-state index in [-0.39, 0.29) is 23.2 Å². The Morgan fingerprint density at radius 3 is 2.50 bits per heavy atom. The van der Waals surface area contributed by atoms with E-state index in [1.807, 2.05) is 31.2 Å². The molecule has 3 aromatic rings. The van der Waals surface area contributed by atoms with Crippen LogP contribution in [0, 0.1) is 5.82 Å². The molecule has 7 heteroatoms. The molecule has 0 bridgehead atoms. The van der Waals surface area contributed by atoms with E-state index in [0.29, 0.717) is 29.9 Å². The van der Waals surface area contributed by atoms with Gasteiger partial charge in [0.1, 0.15) is 5.82 Å². The average Bonchev–Trinajstić information content (AvgIpc) is 2.82. The molecule has 166 valence electrons. The van der Waals surface area contributed by atoms with Crippen molar-refractivity contribution in [2.45, 2.75) is 31.2 Å². The first kappa shape index (κ1) is 22.0. The van der Waals surface area contributed by atoms with Crippen LogP contribution in [-0.2, 0) is 23.0 Å². The summed E-state index contributed by atoms with van der Waals surface area (Å²) in [5, 5.41) is 0. The van der Waals surface area contributed by atoms with Crippen molar-refractivity contribution >= 4 is 21.6 Å². The summed E-state index contributed by atoms with van der Waals surface area (Å²) in [7, 11) is -3.73. The smallest absolute Gasteiger partial charge is 0.264 e. The summed E-state index contributed by atoms with van der Waals surface area (Å²) in [5.74, 6) is -0.580. The Balaban J connectivity index is 1.55. The van der Waals surface area contributed by atoms with E-state index < -0.39 is 10.0 Å². The molecule has 5 nitrogen and oxygen atoms in total. The fourth-order valence-electron chi connectivity index (χ4n) is 4.01. The number of sulfonamides is 1. The molecule has 1 heterocycles. The van der Waals surface area contributed by atoms with Crippen molar-refractivity contribution in [1.82, 2.24) is 4.90 Å². The van der Waals surface area contributed by atoms with Gasteiger partial charge in [0.05, 0.1) is 10.6 Å². The molecule has 0 radical (unpaired) electrons. The van der Waals surface area contributed by atoms with Crippen LogP contribution in [0.2, 0.25) is 0 Å². The highest BCUT2D eigenvalue weighted by molar-refractivity contribution is 7.92. The molecule has 4 rings (SSSR count). The molecule has 1 amide bonds. The van der Waals surface area contributed by atoms with Crippen LogP contribution in [-0.4, -0.2) is 32.3 Å². The van der Waals surface area contributed by atoms with E-state index in [4.69, 9.17) is 0 Å². The van der Waals surface area contributed by atoms with Crippen molar-refractivity contribution in [3.8, 4) is 0 Å². The van der Waals surface area contributed by atoms with E-state index in [1.165, 1.54) is 28.6 Å². The number of carbonyl (C=O) groups is 1. The largest absolute Gasteiger partial charge is 0.335 e. The van der Waals surface area contributed by atoms with Crippen LogP contribution in [0.4, 0.5) is 10.1 Å². The van der Waals surface area contributed by atoms with Gasteiger partial charge in [-0.25, -0.2) is 12.8 Å². The fraction of sp³-hybridized carbons (Fsp3) is 0.240. The summed E-state index contributed by atoms with van der Waals surface area (Å²) >= 11 is 0. The van der Waals surface area contributed by atoms with Gasteiger partial charge in [0.2, 0.25) is 0 Å². The third-order valence-electron chi connectivity index (χ3n) is 5.69. The molecule has 0 aromatic heterocycles. The molecule has 0 unspecified atom stereocenters. The molecular formula is C25H25FN2O3S. The van der Waals surface area contributed by atoms with Crippen molar-refractivity contribution in [1.29, 1.82) is 0 Å². The van der Waals surface area contributed by atoms with E-state index in [9.17, 15) is 17.6 Å². The summed E-state index contributed by atoms with van der Waals surface area (Å²) in [6, 6.07) is 19.7. The minimum Gasteiger partial charge on any atom is -0.335 e. The molecule has 0 atom stereocenters. The SMILES string of the molecule is CCN(Cc1cccc(F)c1)C(=O)c1ccc(S(=O)(=O)N2CCCc3ccccc32)cc1. The first-order chi connectivity index (χ1) is 15.4. The normalized spacial score (nSPS) is 13.5. The number of fused-ring (bicyclic) bond motifs is 1. The Labute approximate surface area is 188 Å². The highest BCUT2D eigenvalue weighted by atomic mass is 32.2. The minimum absolute atomic E-state index is 0.152. The third-order valence-corrected chi connectivity index (χ3v) is 7.52. The Morgan fingerprint density at radius 2 is 1.78 bits per heavy atom. The molecular weight excluding hydrogens is 427 g/mol. The van der Waals surface area contributed by atoms with Gasteiger partial charge in [0.25, 0.3) is 15.9 Å². The van der Waals surface area contributed by atoms with Crippen molar-refractivity contribution in [3.05, 3.63) is 95.3 Å². The maximum Gasteiger partial charge on any atom is 0.264 e. The van der Waals surface area contributed by atoms with Gasteiger partial charge in [-0.15, -0.1) is 0 Å². The van der Waals surface area contributed by atoms with E-state index in [0.717, 1.165) is 18.4 Å². The van der Waals surface area contributed by atoms with Gasteiger partial charge < -0.3 is 4.90 Å². The van der Waals surface area contributed by atoms with E-state index in [1.54, 1.807) is 29.2 Å². The number of nitrogens with zero attached hydrogens (tertiary/aromatic N) is 2. The second-order valence-corrected chi connectivity index (χ2v) is 9.65. The molecule has 0 spiro atoms. The van der Waals surface area contributed by atoms with Crippen LogP contribution in [0.1, 0.15) is 34.8 Å². The number of halogens is 1. The molecule has 0 aliphatic carbocycles. The molecule has 1 aliphatic heterocycles. The van der Waals surface area contributed by atoms with Crippen LogP contribution in [0.15, 0.2) is 77.7 Å². The van der Waals surface area contributed by atoms with Crippen LogP contribution in [0.25, 0.3) is 0 Å². The highest BCUT2D eigenvalue weighted by Gasteiger charge is 2.29. The van der Waals surface area contributed by atoms with Gasteiger partial charge in [-0.3, -0.25) is 9.10 Å². The van der Waals surface area contributed by atoms with Gasteiger partial charge in [-0.05, 0) is 73.4 Å². The van der Waals surface area contributed by atoms with Crippen molar-refractivity contribution < 1.29 is 17.6 Å². The fourth-order valence-corrected chi connectivity index (χ4v) is 5.55. The summed E-state index contributed by atoms with van der Waals surface area (Å²) in [5.41, 5.74) is 2.82. The Hall–Kier alpha value is -3.19. The molecule has 32 heavy (non-hydrogen) atoms. The third kappa shape index (κ3) is 4.39. The van der Waals surface area contributed by atoms with Crippen LogP contribution in [0.3, 0.4) is 0 Å². The number of hydrogen-bond donors (Lipinski definition) is 0. The summed E-state index contributed by atoms with van der Waals surface area (Å²) in [6.45, 7) is 3.00. The highest BCUT2D eigenvalue weighted by Crippen LogP contribution is 2.31. The number of anilines is 1. The average molecular weight is 453 g/mol.